The highest BCUT2D eigenvalue weighted by atomic mass is 31.2. The molecule has 362 valence electrons. The zero-order valence-corrected chi connectivity index (χ0v) is 39.6. The molecule has 0 aromatic heterocycles. The molecule has 6 unspecified atom stereocenters. The Hall–Kier alpha value is -1.70. The van der Waals surface area contributed by atoms with Crippen molar-refractivity contribution < 1.29 is 58.3 Å². The maximum atomic E-state index is 12.8. The molecule has 6 atom stereocenters. The van der Waals surface area contributed by atoms with Gasteiger partial charge in [-0.1, -0.05) is 165 Å². The third-order valence-corrected chi connectivity index (χ3v) is 12.2. The summed E-state index contributed by atoms with van der Waals surface area (Å²) in [5.41, 5.74) is 0. The van der Waals surface area contributed by atoms with Gasteiger partial charge in [0.25, 0.3) is 0 Å². The standard InChI is InChI=1S/C49H89O12P/c1-3-5-7-9-11-13-15-17-19-20-21-22-23-25-27-29-31-33-35-37-39-58-40-42(41-59-62(56,57)61-49-47(54)45(52)44(51)46(53)48(49)55)60-43(50)38-36-34-32-30-28-26-24-18-16-14-12-10-8-6-4-2/h6,8,12,14,17-19,24,42,44-49,51-55H,3-5,7,9-11,13,15-16,20-23,25-41H2,1-2H3,(H,56,57)/b8-6-,14-12-,19-17-,24-18-. The minimum Gasteiger partial charge on any atom is -0.457 e. The third kappa shape index (κ3) is 31.2. The molecule has 1 rings (SSSR count). The van der Waals surface area contributed by atoms with Gasteiger partial charge in [0.15, 0.2) is 0 Å². The van der Waals surface area contributed by atoms with Crippen LogP contribution in [0.25, 0.3) is 0 Å². The summed E-state index contributed by atoms with van der Waals surface area (Å²) in [6.07, 6.45) is 36.1. The van der Waals surface area contributed by atoms with Gasteiger partial charge in [0, 0.05) is 13.0 Å². The summed E-state index contributed by atoms with van der Waals surface area (Å²) in [4.78, 5) is 23.2. The second kappa shape index (κ2) is 39.6. The van der Waals surface area contributed by atoms with Crippen LogP contribution < -0.4 is 0 Å². The van der Waals surface area contributed by atoms with Crippen molar-refractivity contribution in [1.82, 2.24) is 0 Å². The number of esters is 1. The lowest BCUT2D eigenvalue weighted by atomic mass is 9.85. The highest BCUT2D eigenvalue weighted by Gasteiger charge is 2.51. The Kier molecular flexibility index (Phi) is 37.3. The van der Waals surface area contributed by atoms with E-state index >= 15 is 0 Å². The highest BCUT2D eigenvalue weighted by molar-refractivity contribution is 7.47. The molecule has 0 heterocycles. The highest BCUT2D eigenvalue weighted by Crippen LogP contribution is 2.47. The summed E-state index contributed by atoms with van der Waals surface area (Å²) in [7, 11) is -5.03. The van der Waals surface area contributed by atoms with Crippen molar-refractivity contribution in [3.8, 4) is 0 Å². The van der Waals surface area contributed by atoms with E-state index in [2.05, 4.69) is 62.5 Å². The van der Waals surface area contributed by atoms with E-state index in [1.165, 1.54) is 96.3 Å². The number of carbonyl (C=O) groups excluding carboxylic acids is 1. The minimum absolute atomic E-state index is 0.0851. The molecule has 0 bridgehead atoms. The number of phosphoric acid groups is 1. The molecule has 0 radical (unpaired) electrons. The lowest BCUT2D eigenvalue weighted by Gasteiger charge is -2.41. The van der Waals surface area contributed by atoms with Gasteiger partial charge in [-0.25, -0.2) is 4.57 Å². The quantitative estimate of drug-likeness (QED) is 0.0147. The number of rotatable bonds is 41. The lowest BCUT2D eigenvalue weighted by Crippen LogP contribution is -2.64. The third-order valence-electron chi connectivity index (χ3n) is 11.2. The van der Waals surface area contributed by atoms with Crippen LogP contribution >= 0.6 is 7.82 Å². The fraction of sp³-hybridized carbons (Fsp3) is 0.816. The molecule has 13 heteroatoms. The minimum atomic E-state index is -5.03. The monoisotopic (exact) mass is 901 g/mol. The summed E-state index contributed by atoms with van der Waals surface area (Å²) in [5, 5.41) is 50.2. The molecule has 0 amide bonds. The smallest absolute Gasteiger partial charge is 0.457 e. The molecular weight excluding hydrogens is 812 g/mol. The molecule has 6 N–H and O–H groups in total. The van der Waals surface area contributed by atoms with Crippen LogP contribution in [-0.4, -0.2) is 98.9 Å². The molecule has 1 fully saturated rings. The van der Waals surface area contributed by atoms with Crippen LogP contribution in [0.4, 0.5) is 0 Å². The fourth-order valence-electron chi connectivity index (χ4n) is 7.31. The molecule has 1 aliphatic rings. The largest absolute Gasteiger partial charge is 0.472 e. The molecule has 0 aliphatic heterocycles. The first-order valence-electron chi connectivity index (χ1n) is 24.5. The molecule has 0 saturated heterocycles. The van der Waals surface area contributed by atoms with E-state index in [9.17, 15) is 39.8 Å². The number of phosphoric ester groups is 1. The van der Waals surface area contributed by atoms with Crippen molar-refractivity contribution in [1.29, 1.82) is 0 Å². The van der Waals surface area contributed by atoms with Gasteiger partial charge in [0.2, 0.25) is 0 Å². The van der Waals surface area contributed by atoms with E-state index in [-0.39, 0.29) is 13.0 Å². The van der Waals surface area contributed by atoms with Crippen LogP contribution in [0.15, 0.2) is 48.6 Å². The number of hydrogen-bond acceptors (Lipinski definition) is 11. The number of unbranched alkanes of at least 4 members (excludes halogenated alkanes) is 21. The van der Waals surface area contributed by atoms with Crippen molar-refractivity contribution in [2.45, 2.75) is 236 Å². The predicted molar refractivity (Wildman–Crippen MR) is 249 cm³/mol. The van der Waals surface area contributed by atoms with Gasteiger partial charge in [-0.15, -0.1) is 0 Å². The first-order valence-corrected chi connectivity index (χ1v) is 26.0. The number of carbonyl (C=O) groups is 1. The maximum absolute atomic E-state index is 12.8. The van der Waals surface area contributed by atoms with Gasteiger partial charge < -0.3 is 39.9 Å². The second-order valence-corrected chi connectivity index (χ2v) is 18.3. The van der Waals surface area contributed by atoms with Crippen molar-refractivity contribution in [2.24, 2.45) is 0 Å². The Morgan fingerprint density at radius 2 is 0.952 bits per heavy atom. The second-order valence-electron chi connectivity index (χ2n) is 16.9. The van der Waals surface area contributed by atoms with Gasteiger partial charge in [-0.2, -0.15) is 0 Å². The Morgan fingerprint density at radius 3 is 1.47 bits per heavy atom. The van der Waals surface area contributed by atoms with Gasteiger partial charge in [-0.05, 0) is 70.6 Å². The normalized spacial score (nSPS) is 22.4. The SMILES string of the molecule is CC/C=C\C/C=C\C/C=C\CCCCCCCC(=O)OC(COCCCCCCCCCCCC/C=C\CCCCCCCC)COP(=O)(O)OC1C(O)C(O)C(O)C(O)C1O. The summed E-state index contributed by atoms with van der Waals surface area (Å²) in [6, 6.07) is 0. The van der Waals surface area contributed by atoms with Crippen LogP contribution in [0.3, 0.4) is 0 Å². The Bertz CT molecular complexity index is 1210. The average molecular weight is 901 g/mol. The molecule has 0 aromatic carbocycles. The molecule has 62 heavy (non-hydrogen) atoms. The zero-order chi connectivity index (χ0) is 45.5. The topological polar surface area (TPSA) is 192 Å². The van der Waals surface area contributed by atoms with E-state index in [0.29, 0.717) is 13.0 Å². The summed E-state index contributed by atoms with van der Waals surface area (Å²) >= 11 is 0. The van der Waals surface area contributed by atoms with Crippen LogP contribution in [-0.2, 0) is 27.9 Å². The number of allylic oxidation sites excluding steroid dienone is 8. The predicted octanol–water partition coefficient (Wildman–Crippen LogP) is 10.4. The van der Waals surface area contributed by atoms with Gasteiger partial charge >= 0.3 is 13.8 Å². The van der Waals surface area contributed by atoms with Crippen molar-refractivity contribution in [3.05, 3.63) is 48.6 Å². The number of aliphatic hydroxyl groups is 5. The van der Waals surface area contributed by atoms with E-state index in [4.69, 9.17) is 18.5 Å². The average Bonchev–Trinajstić information content (AvgIpc) is 3.26. The van der Waals surface area contributed by atoms with Crippen LogP contribution in [0.2, 0.25) is 0 Å². The fourth-order valence-corrected chi connectivity index (χ4v) is 8.28. The zero-order valence-electron chi connectivity index (χ0n) is 38.7. The van der Waals surface area contributed by atoms with Crippen LogP contribution in [0.1, 0.15) is 194 Å². The lowest BCUT2D eigenvalue weighted by molar-refractivity contribution is -0.220. The Balaban J connectivity index is 2.36. The Morgan fingerprint density at radius 1 is 0.532 bits per heavy atom. The molecular formula is C49H89O12P. The van der Waals surface area contributed by atoms with E-state index in [1.54, 1.807) is 0 Å². The summed E-state index contributed by atoms with van der Waals surface area (Å²) in [6.45, 7) is 4.13. The number of ether oxygens (including phenoxy) is 2. The van der Waals surface area contributed by atoms with Gasteiger partial charge in [0.1, 0.15) is 42.7 Å². The van der Waals surface area contributed by atoms with Crippen molar-refractivity contribution in [3.63, 3.8) is 0 Å². The maximum Gasteiger partial charge on any atom is 0.472 e. The van der Waals surface area contributed by atoms with E-state index < -0.39 is 63.1 Å². The van der Waals surface area contributed by atoms with E-state index in [1.807, 2.05) is 0 Å². The van der Waals surface area contributed by atoms with Crippen molar-refractivity contribution >= 4 is 13.8 Å². The first kappa shape index (κ1) is 58.3. The van der Waals surface area contributed by atoms with Gasteiger partial charge in [0.05, 0.1) is 13.2 Å². The summed E-state index contributed by atoms with van der Waals surface area (Å²) < 4.78 is 34.2. The van der Waals surface area contributed by atoms with E-state index in [0.717, 1.165) is 70.6 Å². The molecule has 0 spiro atoms. The van der Waals surface area contributed by atoms with Crippen molar-refractivity contribution in [2.75, 3.05) is 19.8 Å². The first-order chi connectivity index (χ1) is 30.0. The van der Waals surface area contributed by atoms with Gasteiger partial charge in [-0.3, -0.25) is 13.8 Å². The molecule has 12 nitrogen and oxygen atoms in total. The Labute approximate surface area is 375 Å². The van der Waals surface area contributed by atoms with Crippen LogP contribution in [0.5, 0.6) is 0 Å². The number of hydrogen-bond donors (Lipinski definition) is 6. The number of aliphatic hydroxyl groups excluding tert-OH is 5. The van der Waals surface area contributed by atoms with Crippen LogP contribution in [0, 0.1) is 0 Å². The summed E-state index contributed by atoms with van der Waals surface area (Å²) in [5.74, 6) is -0.494. The molecule has 1 saturated carbocycles. The molecule has 0 aromatic rings. The molecule has 1 aliphatic carbocycles.